The van der Waals surface area contributed by atoms with E-state index in [-0.39, 0.29) is 12.5 Å². The van der Waals surface area contributed by atoms with Gasteiger partial charge in [-0.1, -0.05) is 11.6 Å². The Morgan fingerprint density at radius 1 is 1.33 bits per heavy atom. The number of carbonyl (C=O) groups excluding carboxylic acids is 1. The molecule has 1 saturated heterocycles. The van der Waals surface area contributed by atoms with Crippen molar-refractivity contribution in [2.45, 2.75) is 13.3 Å². The van der Waals surface area contributed by atoms with Gasteiger partial charge in [0.2, 0.25) is 0 Å². The van der Waals surface area contributed by atoms with E-state index in [2.05, 4.69) is 0 Å². The van der Waals surface area contributed by atoms with Gasteiger partial charge in [0, 0.05) is 23.7 Å². The molecule has 96 valence electrons. The molecule has 0 radical (unpaired) electrons. The topological polar surface area (TPSA) is 57.6 Å². The minimum absolute atomic E-state index is 0.142. The van der Waals surface area contributed by atoms with Crippen LogP contribution in [0.25, 0.3) is 0 Å². The van der Waals surface area contributed by atoms with Gasteiger partial charge >= 0.3 is 5.97 Å². The number of halogens is 1. The zero-order valence-electron chi connectivity index (χ0n) is 10.0. The third-order valence-electron chi connectivity index (χ3n) is 3.37. The smallest absolute Gasteiger partial charge is 0.311 e. The average Bonchev–Trinajstić information content (AvgIpc) is 2.73. The van der Waals surface area contributed by atoms with E-state index in [1.54, 1.807) is 36.1 Å². The van der Waals surface area contributed by atoms with Crippen LogP contribution in [0.15, 0.2) is 24.3 Å². The van der Waals surface area contributed by atoms with Crippen molar-refractivity contribution in [3.8, 4) is 0 Å². The van der Waals surface area contributed by atoms with Crippen LogP contribution in [0.4, 0.5) is 0 Å². The molecular weight excluding hydrogens is 254 g/mol. The van der Waals surface area contributed by atoms with Crippen molar-refractivity contribution < 1.29 is 14.7 Å². The van der Waals surface area contributed by atoms with Crippen LogP contribution >= 0.6 is 11.6 Å². The summed E-state index contributed by atoms with van der Waals surface area (Å²) in [4.78, 5) is 24.9. The first-order valence-electron chi connectivity index (χ1n) is 5.71. The molecule has 1 aliphatic rings. The van der Waals surface area contributed by atoms with E-state index in [0.717, 1.165) is 0 Å². The van der Waals surface area contributed by atoms with Crippen LogP contribution in [0.2, 0.25) is 5.02 Å². The first-order chi connectivity index (χ1) is 8.42. The summed E-state index contributed by atoms with van der Waals surface area (Å²) in [7, 11) is 0. The van der Waals surface area contributed by atoms with Crippen LogP contribution in [0.5, 0.6) is 0 Å². The Hall–Kier alpha value is -1.55. The maximum atomic E-state index is 12.2. The number of likely N-dealkylation sites (tertiary alicyclic amines) is 1. The zero-order valence-corrected chi connectivity index (χ0v) is 10.8. The van der Waals surface area contributed by atoms with Gasteiger partial charge < -0.3 is 10.0 Å². The van der Waals surface area contributed by atoms with E-state index >= 15 is 0 Å². The first kappa shape index (κ1) is 12.9. The lowest BCUT2D eigenvalue weighted by atomic mass is 9.90. The van der Waals surface area contributed by atoms with Crippen molar-refractivity contribution in [3.05, 3.63) is 34.9 Å². The number of carboxylic acids is 1. The third kappa shape index (κ3) is 2.34. The fourth-order valence-electron chi connectivity index (χ4n) is 2.08. The molecular formula is C13H14ClNO3. The van der Waals surface area contributed by atoms with Gasteiger partial charge in [0.1, 0.15) is 0 Å². The van der Waals surface area contributed by atoms with E-state index in [1.807, 2.05) is 0 Å². The summed E-state index contributed by atoms with van der Waals surface area (Å²) in [6.07, 6.45) is 0.488. The number of aliphatic carboxylic acids is 1. The first-order valence-corrected chi connectivity index (χ1v) is 6.08. The molecule has 0 bridgehead atoms. The third-order valence-corrected chi connectivity index (χ3v) is 3.62. The summed E-state index contributed by atoms with van der Waals surface area (Å²) in [5.41, 5.74) is -0.295. The molecule has 1 aromatic carbocycles. The Kier molecular flexibility index (Phi) is 3.30. The number of benzene rings is 1. The summed E-state index contributed by atoms with van der Waals surface area (Å²) >= 11 is 5.76. The lowest BCUT2D eigenvalue weighted by Gasteiger charge is -2.20. The standard InChI is InChI=1S/C13H14ClNO3/c1-13(12(17)18)6-7-15(8-13)11(16)9-2-4-10(14)5-3-9/h2-5H,6-8H2,1H3,(H,17,18). The van der Waals surface area contributed by atoms with Crippen LogP contribution in [0.1, 0.15) is 23.7 Å². The summed E-state index contributed by atoms with van der Waals surface area (Å²) in [5.74, 6) is -0.995. The molecule has 4 nitrogen and oxygen atoms in total. The monoisotopic (exact) mass is 267 g/mol. The van der Waals surface area contributed by atoms with Crippen LogP contribution in [0, 0.1) is 5.41 Å². The predicted octanol–water partition coefficient (Wildman–Crippen LogP) is 2.28. The molecule has 0 saturated carbocycles. The molecule has 1 N–H and O–H groups in total. The van der Waals surface area contributed by atoms with Crippen LogP contribution in [-0.4, -0.2) is 35.0 Å². The molecule has 0 spiro atoms. The van der Waals surface area contributed by atoms with Crippen LogP contribution in [0.3, 0.4) is 0 Å². The van der Waals surface area contributed by atoms with Crippen LogP contribution < -0.4 is 0 Å². The molecule has 0 aromatic heterocycles. The fourth-order valence-corrected chi connectivity index (χ4v) is 2.21. The van der Waals surface area contributed by atoms with Crippen molar-refractivity contribution in [1.29, 1.82) is 0 Å². The normalized spacial score (nSPS) is 23.1. The number of rotatable bonds is 2. The lowest BCUT2D eigenvalue weighted by molar-refractivity contribution is -0.147. The number of amides is 1. The van der Waals surface area contributed by atoms with Gasteiger partial charge in [0.25, 0.3) is 5.91 Å². The molecule has 1 unspecified atom stereocenters. The number of nitrogens with zero attached hydrogens (tertiary/aromatic N) is 1. The van der Waals surface area contributed by atoms with Gasteiger partial charge in [0.05, 0.1) is 5.41 Å². The predicted molar refractivity (Wildman–Crippen MR) is 67.7 cm³/mol. The van der Waals surface area contributed by atoms with Gasteiger partial charge in [-0.25, -0.2) is 0 Å². The van der Waals surface area contributed by atoms with Gasteiger partial charge in [-0.15, -0.1) is 0 Å². The molecule has 0 aliphatic carbocycles. The van der Waals surface area contributed by atoms with Gasteiger partial charge in [-0.05, 0) is 37.6 Å². The molecule has 1 fully saturated rings. The van der Waals surface area contributed by atoms with Crippen molar-refractivity contribution >= 4 is 23.5 Å². The van der Waals surface area contributed by atoms with Crippen molar-refractivity contribution in [2.75, 3.05) is 13.1 Å². The van der Waals surface area contributed by atoms with E-state index in [9.17, 15) is 9.59 Å². The Balaban J connectivity index is 2.12. The highest BCUT2D eigenvalue weighted by Crippen LogP contribution is 2.31. The fraction of sp³-hybridized carbons (Fsp3) is 0.385. The maximum Gasteiger partial charge on any atom is 0.311 e. The highest BCUT2D eigenvalue weighted by Gasteiger charge is 2.42. The minimum atomic E-state index is -0.853. The van der Waals surface area contributed by atoms with Gasteiger partial charge in [0.15, 0.2) is 0 Å². The number of carboxylic acid groups (broad SMARTS) is 1. The number of hydrogen-bond acceptors (Lipinski definition) is 2. The second-order valence-corrected chi connectivity index (χ2v) is 5.29. The Bertz CT molecular complexity index is 486. The minimum Gasteiger partial charge on any atom is -0.481 e. The summed E-state index contributed by atoms with van der Waals surface area (Å²) < 4.78 is 0. The SMILES string of the molecule is CC1(C(=O)O)CCN(C(=O)c2ccc(Cl)cc2)C1. The van der Waals surface area contributed by atoms with Gasteiger partial charge in [-0.2, -0.15) is 0 Å². The van der Waals surface area contributed by atoms with Crippen molar-refractivity contribution in [1.82, 2.24) is 4.90 Å². The van der Waals surface area contributed by atoms with Crippen molar-refractivity contribution in [2.24, 2.45) is 5.41 Å². The quantitative estimate of drug-likeness (QED) is 0.894. The average molecular weight is 268 g/mol. The van der Waals surface area contributed by atoms with Crippen LogP contribution in [-0.2, 0) is 4.79 Å². The molecule has 1 aliphatic heterocycles. The Morgan fingerprint density at radius 2 is 1.94 bits per heavy atom. The van der Waals surface area contributed by atoms with Crippen molar-refractivity contribution in [3.63, 3.8) is 0 Å². The lowest BCUT2D eigenvalue weighted by Crippen LogP contribution is -2.34. The van der Waals surface area contributed by atoms with E-state index in [4.69, 9.17) is 16.7 Å². The molecule has 1 aromatic rings. The maximum absolute atomic E-state index is 12.2. The number of carbonyl (C=O) groups is 2. The van der Waals surface area contributed by atoms with E-state index in [1.165, 1.54) is 0 Å². The molecule has 18 heavy (non-hydrogen) atoms. The molecule has 2 rings (SSSR count). The molecule has 1 amide bonds. The Morgan fingerprint density at radius 3 is 2.44 bits per heavy atom. The van der Waals surface area contributed by atoms with E-state index < -0.39 is 11.4 Å². The zero-order chi connectivity index (χ0) is 13.3. The highest BCUT2D eigenvalue weighted by atomic mass is 35.5. The van der Waals surface area contributed by atoms with Gasteiger partial charge in [-0.3, -0.25) is 9.59 Å². The largest absolute Gasteiger partial charge is 0.481 e. The highest BCUT2D eigenvalue weighted by molar-refractivity contribution is 6.30. The van der Waals surface area contributed by atoms with E-state index in [0.29, 0.717) is 23.6 Å². The molecule has 5 heteroatoms. The molecule has 1 heterocycles. The Labute approximate surface area is 110 Å². The second kappa shape index (κ2) is 4.61. The molecule has 1 atom stereocenters. The number of hydrogen-bond donors (Lipinski definition) is 1. The summed E-state index contributed by atoms with van der Waals surface area (Å²) in [6, 6.07) is 6.62. The second-order valence-electron chi connectivity index (χ2n) is 4.85. The summed E-state index contributed by atoms with van der Waals surface area (Å²) in [6.45, 7) is 2.40. The summed E-state index contributed by atoms with van der Waals surface area (Å²) in [5, 5.41) is 9.70.